The van der Waals surface area contributed by atoms with Gasteiger partial charge >= 0.3 is 0 Å². The van der Waals surface area contributed by atoms with Crippen LogP contribution in [0.4, 0.5) is 10.1 Å². The third-order valence-electron chi connectivity index (χ3n) is 3.14. The molecule has 6 heteroatoms. The van der Waals surface area contributed by atoms with Crippen molar-refractivity contribution in [3.05, 3.63) is 71.7 Å². The zero-order valence-corrected chi connectivity index (χ0v) is 11.8. The van der Waals surface area contributed by atoms with Gasteiger partial charge in [0.1, 0.15) is 5.82 Å². The van der Waals surface area contributed by atoms with Crippen molar-refractivity contribution in [3.63, 3.8) is 0 Å². The topological polar surface area (TPSA) is 78.9 Å². The molecule has 0 atom stereocenters. The van der Waals surface area contributed by atoms with Crippen LogP contribution in [0.1, 0.15) is 16.1 Å². The Morgan fingerprint density at radius 1 is 1.13 bits per heavy atom. The fourth-order valence-corrected chi connectivity index (χ4v) is 1.96. The van der Waals surface area contributed by atoms with E-state index in [-0.39, 0.29) is 11.5 Å². The molecule has 0 saturated heterocycles. The molecule has 0 saturated carbocycles. The molecule has 2 aromatic carbocycles. The van der Waals surface area contributed by atoms with Gasteiger partial charge in [-0.2, -0.15) is 5.26 Å². The number of carbonyl (C=O) groups is 1. The number of halogens is 1. The number of carbonyl (C=O) groups excluding carboxylic acids is 1. The first-order valence-corrected chi connectivity index (χ1v) is 6.70. The van der Waals surface area contributed by atoms with Crippen molar-refractivity contribution >= 4 is 11.6 Å². The Kier molecular flexibility index (Phi) is 3.85. The summed E-state index contributed by atoms with van der Waals surface area (Å²) in [6.45, 7) is 0. The summed E-state index contributed by atoms with van der Waals surface area (Å²) in [6.07, 6.45) is 0. The summed E-state index contributed by atoms with van der Waals surface area (Å²) in [6, 6.07) is 15.6. The van der Waals surface area contributed by atoms with Gasteiger partial charge in [0, 0.05) is 17.3 Å². The summed E-state index contributed by atoms with van der Waals surface area (Å²) in [5.41, 5.74) is 1.77. The molecule has 0 aliphatic carbocycles. The number of benzene rings is 2. The number of anilines is 1. The molecule has 0 aliphatic rings. The van der Waals surface area contributed by atoms with E-state index in [2.05, 4.69) is 10.5 Å². The fraction of sp³-hybridized carbons (Fsp3) is 0. The lowest BCUT2D eigenvalue weighted by Gasteiger charge is -2.01. The van der Waals surface area contributed by atoms with Gasteiger partial charge in [-0.05, 0) is 48.5 Å². The van der Waals surface area contributed by atoms with Gasteiger partial charge in [0.15, 0.2) is 11.5 Å². The van der Waals surface area contributed by atoms with Gasteiger partial charge in [-0.1, -0.05) is 5.16 Å². The van der Waals surface area contributed by atoms with Crippen LogP contribution in [0.15, 0.2) is 59.1 Å². The van der Waals surface area contributed by atoms with Crippen LogP contribution >= 0.6 is 0 Å². The van der Waals surface area contributed by atoms with E-state index in [1.165, 1.54) is 30.3 Å². The molecule has 0 spiro atoms. The first-order chi connectivity index (χ1) is 11.2. The van der Waals surface area contributed by atoms with Gasteiger partial charge in [-0.25, -0.2) is 4.39 Å². The van der Waals surface area contributed by atoms with Crippen LogP contribution in [0, 0.1) is 17.1 Å². The monoisotopic (exact) mass is 307 g/mol. The van der Waals surface area contributed by atoms with Crippen molar-refractivity contribution in [1.82, 2.24) is 5.16 Å². The van der Waals surface area contributed by atoms with Crippen LogP contribution in [-0.4, -0.2) is 11.1 Å². The lowest BCUT2D eigenvalue weighted by molar-refractivity contribution is 0.101. The Hall–Kier alpha value is -3.46. The number of nitriles is 1. The van der Waals surface area contributed by atoms with Crippen molar-refractivity contribution in [2.45, 2.75) is 0 Å². The molecular weight excluding hydrogens is 297 g/mol. The molecule has 0 unspecified atom stereocenters. The van der Waals surface area contributed by atoms with E-state index in [1.807, 2.05) is 6.07 Å². The number of hydrogen-bond acceptors (Lipinski definition) is 4. The second kappa shape index (κ2) is 6.12. The van der Waals surface area contributed by atoms with Crippen LogP contribution in [0.2, 0.25) is 0 Å². The van der Waals surface area contributed by atoms with Crippen molar-refractivity contribution < 1.29 is 13.7 Å². The third kappa shape index (κ3) is 3.24. The van der Waals surface area contributed by atoms with E-state index in [0.29, 0.717) is 22.6 Å². The van der Waals surface area contributed by atoms with Crippen molar-refractivity contribution in [2.24, 2.45) is 0 Å². The standard InChI is InChI=1S/C17H10FN3O2/c18-13-5-3-12(4-6-13)16-9-15(21-23-16)17(22)20-14-7-1-11(10-19)2-8-14/h1-9H,(H,20,22). The highest BCUT2D eigenvalue weighted by Crippen LogP contribution is 2.21. The van der Waals surface area contributed by atoms with Crippen LogP contribution in [0.25, 0.3) is 11.3 Å². The summed E-state index contributed by atoms with van der Waals surface area (Å²) in [5, 5.41) is 15.1. The second-order valence-electron chi connectivity index (χ2n) is 4.73. The molecule has 3 aromatic rings. The maximum absolute atomic E-state index is 12.9. The molecule has 0 bridgehead atoms. The average molecular weight is 307 g/mol. The highest BCUT2D eigenvalue weighted by Gasteiger charge is 2.14. The van der Waals surface area contributed by atoms with Gasteiger partial charge in [0.25, 0.3) is 5.91 Å². The maximum Gasteiger partial charge on any atom is 0.277 e. The fourth-order valence-electron chi connectivity index (χ4n) is 1.96. The normalized spacial score (nSPS) is 10.1. The van der Waals surface area contributed by atoms with Gasteiger partial charge in [0.05, 0.1) is 11.6 Å². The number of amides is 1. The van der Waals surface area contributed by atoms with E-state index in [0.717, 1.165) is 0 Å². The van der Waals surface area contributed by atoms with Gasteiger partial charge in [0.2, 0.25) is 0 Å². The van der Waals surface area contributed by atoms with E-state index < -0.39 is 5.91 Å². The molecule has 1 heterocycles. The highest BCUT2D eigenvalue weighted by atomic mass is 19.1. The van der Waals surface area contributed by atoms with E-state index >= 15 is 0 Å². The van der Waals surface area contributed by atoms with Crippen LogP contribution in [0.5, 0.6) is 0 Å². The zero-order chi connectivity index (χ0) is 16.2. The Morgan fingerprint density at radius 2 is 1.83 bits per heavy atom. The number of hydrogen-bond donors (Lipinski definition) is 1. The summed E-state index contributed by atoms with van der Waals surface area (Å²) < 4.78 is 18.0. The maximum atomic E-state index is 12.9. The van der Waals surface area contributed by atoms with Gasteiger partial charge in [-0.3, -0.25) is 4.79 Å². The Balaban J connectivity index is 1.75. The van der Waals surface area contributed by atoms with E-state index in [1.54, 1.807) is 24.3 Å². The van der Waals surface area contributed by atoms with Crippen molar-refractivity contribution in [2.75, 3.05) is 5.32 Å². The Labute approximate surface area is 131 Å². The minimum Gasteiger partial charge on any atom is -0.355 e. The lowest BCUT2D eigenvalue weighted by Crippen LogP contribution is -2.11. The smallest absolute Gasteiger partial charge is 0.277 e. The number of nitrogens with one attached hydrogen (secondary N) is 1. The molecule has 0 fully saturated rings. The van der Waals surface area contributed by atoms with Crippen LogP contribution in [-0.2, 0) is 0 Å². The number of rotatable bonds is 3. The minimum atomic E-state index is -0.438. The molecule has 23 heavy (non-hydrogen) atoms. The van der Waals surface area contributed by atoms with Crippen LogP contribution in [0.3, 0.4) is 0 Å². The largest absolute Gasteiger partial charge is 0.355 e. The predicted octanol–water partition coefficient (Wildman–Crippen LogP) is 3.60. The number of nitrogens with zero attached hydrogens (tertiary/aromatic N) is 2. The molecule has 1 amide bonds. The zero-order valence-electron chi connectivity index (χ0n) is 11.8. The third-order valence-corrected chi connectivity index (χ3v) is 3.14. The number of aromatic nitrogens is 1. The first-order valence-electron chi connectivity index (χ1n) is 6.70. The Bertz CT molecular complexity index is 877. The summed E-state index contributed by atoms with van der Waals surface area (Å²) in [4.78, 5) is 12.1. The molecular formula is C17H10FN3O2. The predicted molar refractivity (Wildman–Crippen MR) is 81.0 cm³/mol. The molecule has 1 aromatic heterocycles. The van der Waals surface area contributed by atoms with E-state index in [9.17, 15) is 9.18 Å². The first kappa shape index (κ1) is 14.5. The minimum absolute atomic E-state index is 0.105. The van der Waals surface area contributed by atoms with Crippen molar-refractivity contribution in [3.8, 4) is 17.4 Å². The molecule has 112 valence electrons. The summed E-state index contributed by atoms with van der Waals surface area (Å²) in [5.74, 6) is -0.422. The highest BCUT2D eigenvalue weighted by molar-refractivity contribution is 6.03. The van der Waals surface area contributed by atoms with Gasteiger partial charge in [-0.15, -0.1) is 0 Å². The molecule has 0 aliphatic heterocycles. The van der Waals surface area contributed by atoms with Crippen molar-refractivity contribution in [1.29, 1.82) is 5.26 Å². The average Bonchev–Trinajstić information content (AvgIpc) is 3.06. The molecule has 5 nitrogen and oxygen atoms in total. The summed E-state index contributed by atoms with van der Waals surface area (Å²) in [7, 11) is 0. The second-order valence-corrected chi connectivity index (χ2v) is 4.73. The Morgan fingerprint density at radius 3 is 2.48 bits per heavy atom. The molecule has 3 rings (SSSR count). The van der Waals surface area contributed by atoms with Crippen LogP contribution < -0.4 is 5.32 Å². The quantitative estimate of drug-likeness (QED) is 0.801. The molecule has 0 radical (unpaired) electrons. The lowest BCUT2D eigenvalue weighted by atomic mass is 10.1. The summed E-state index contributed by atoms with van der Waals surface area (Å²) >= 11 is 0. The van der Waals surface area contributed by atoms with Gasteiger partial charge < -0.3 is 9.84 Å². The SMILES string of the molecule is N#Cc1ccc(NC(=O)c2cc(-c3ccc(F)cc3)on2)cc1. The van der Waals surface area contributed by atoms with E-state index in [4.69, 9.17) is 9.78 Å². The molecule has 1 N–H and O–H groups in total.